The summed E-state index contributed by atoms with van der Waals surface area (Å²) < 4.78 is 0. The lowest BCUT2D eigenvalue weighted by Crippen LogP contribution is -2.48. The van der Waals surface area contributed by atoms with Gasteiger partial charge in [-0.3, -0.25) is 4.79 Å². The monoisotopic (exact) mass is 238 g/mol. The maximum absolute atomic E-state index is 12.3. The molecule has 1 saturated carbocycles. The van der Waals surface area contributed by atoms with Crippen LogP contribution in [-0.4, -0.2) is 29.4 Å². The summed E-state index contributed by atoms with van der Waals surface area (Å²) >= 11 is 0. The molecule has 0 aromatic heterocycles. The Bertz CT molecular complexity index is 257. The van der Waals surface area contributed by atoms with Crippen molar-refractivity contribution in [3.05, 3.63) is 12.7 Å². The summed E-state index contributed by atoms with van der Waals surface area (Å²) in [6.07, 6.45) is 7.26. The molecule has 0 unspecified atom stereocenters. The second-order valence-electron chi connectivity index (χ2n) is 5.45. The van der Waals surface area contributed by atoms with Crippen LogP contribution in [0.25, 0.3) is 0 Å². The average Bonchev–Trinajstić information content (AvgIpc) is 2.77. The first-order chi connectivity index (χ1) is 8.06. The number of hydrogen-bond acceptors (Lipinski definition) is 2. The molecule has 3 nitrogen and oxygen atoms in total. The van der Waals surface area contributed by atoms with Crippen LogP contribution in [0.5, 0.6) is 0 Å². The maximum Gasteiger partial charge on any atom is 0.240 e. The number of nitrogens with zero attached hydrogens (tertiary/aromatic N) is 1. The molecule has 1 atom stereocenters. The topological polar surface area (TPSA) is 46.3 Å². The van der Waals surface area contributed by atoms with Gasteiger partial charge < -0.3 is 10.6 Å². The lowest BCUT2D eigenvalue weighted by molar-refractivity contribution is -0.134. The van der Waals surface area contributed by atoms with E-state index >= 15 is 0 Å². The van der Waals surface area contributed by atoms with Crippen LogP contribution in [0.3, 0.4) is 0 Å². The molecule has 0 saturated heterocycles. The third kappa shape index (κ3) is 4.15. The highest BCUT2D eigenvalue weighted by molar-refractivity contribution is 5.82. The number of carbonyl (C=O) groups excluding carboxylic acids is 1. The van der Waals surface area contributed by atoms with Gasteiger partial charge in [0.15, 0.2) is 0 Å². The van der Waals surface area contributed by atoms with Crippen molar-refractivity contribution in [2.24, 2.45) is 11.7 Å². The summed E-state index contributed by atoms with van der Waals surface area (Å²) in [5.41, 5.74) is 5.99. The van der Waals surface area contributed by atoms with Crippen molar-refractivity contribution in [1.82, 2.24) is 4.90 Å². The van der Waals surface area contributed by atoms with Gasteiger partial charge in [-0.25, -0.2) is 0 Å². The van der Waals surface area contributed by atoms with Crippen LogP contribution in [0.2, 0.25) is 0 Å². The van der Waals surface area contributed by atoms with Gasteiger partial charge in [-0.2, -0.15) is 0 Å². The van der Waals surface area contributed by atoms with Gasteiger partial charge in [-0.05, 0) is 25.2 Å². The molecule has 0 aromatic rings. The van der Waals surface area contributed by atoms with Crippen molar-refractivity contribution in [2.45, 2.75) is 58.0 Å². The van der Waals surface area contributed by atoms with E-state index in [1.165, 1.54) is 12.8 Å². The zero-order chi connectivity index (χ0) is 12.8. The minimum absolute atomic E-state index is 0.102. The van der Waals surface area contributed by atoms with Crippen LogP contribution in [0.1, 0.15) is 46.0 Å². The highest BCUT2D eigenvalue weighted by Crippen LogP contribution is 2.24. The van der Waals surface area contributed by atoms with Crippen LogP contribution in [0.15, 0.2) is 12.7 Å². The highest BCUT2D eigenvalue weighted by Gasteiger charge is 2.29. The largest absolute Gasteiger partial charge is 0.335 e. The van der Waals surface area contributed by atoms with Crippen molar-refractivity contribution < 1.29 is 4.79 Å². The van der Waals surface area contributed by atoms with Gasteiger partial charge >= 0.3 is 0 Å². The molecule has 0 aliphatic heterocycles. The van der Waals surface area contributed by atoms with Crippen LogP contribution < -0.4 is 5.73 Å². The minimum Gasteiger partial charge on any atom is -0.335 e. The summed E-state index contributed by atoms with van der Waals surface area (Å²) in [5, 5.41) is 0. The third-order valence-corrected chi connectivity index (χ3v) is 3.42. The summed E-state index contributed by atoms with van der Waals surface area (Å²) in [7, 11) is 0. The van der Waals surface area contributed by atoms with Gasteiger partial charge in [-0.1, -0.05) is 32.8 Å². The summed E-state index contributed by atoms with van der Waals surface area (Å²) in [6.45, 7) is 8.57. The van der Waals surface area contributed by atoms with Crippen LogP contribution in [0, 0.1) is 5.92 Å². The molecule has 17 heavy (non-hydrogen) atoms. The van der Waals surface area contributed by atoms with Crippen LogP contribution in [-0.2, 0) is 4.79 Å². The van der Waals surface area contributed by atoms with E-state index < -0.39 is 0 Å². The molecule has 3 heteroatoms. The SMILES string of the molecule is C=CCN(C(=O)[C@H](N)CC(C)C)C1CCCC1. The van der Waals surface area contributed by atoms with E-state index in [2.05, 4.69) is 20.4 Å². The quantitative estimate of drug-likeness (QED) is 0.722. The predicted octanol–water partition coefficient (Wildman–Crippen LogP) is 2.32. The van der Waals surface area contributed by atoms with E-state index in [4.69, 9.17) is 5.73 Å². The zero-order valence-electron chi connectivity index (χ0n) is 11.2. The lowest BCUT2D eigenvalue weighted by atomic mass is 10.0. The second kappa shape index (κ2) is 6.80. The Morgan fingerprint density at radius 1 is 1.47 bits per heavy atom. The van der Waals surface area contributed by atoms with Gasteiger partial charge in [0.25, 0.3) is 0 Å². The molecular formula is C14H26N2O. The fourth-order valence-corrected chi connectivity index (χ4v) is 2.60. The molecule has 1 rings (SSSR count). The smallest absolute Gasteiger partial charge is 0.240 e. The second-order valence-corrected chi connectivity index (χ2v) is 5.45. The van der Waals surface area contributed by atoms with Gasteiger partial charge in [0, 0.05) is 12.6 Å². The fourth-order valence-electron chi connectivity index (χ4n) is 2.60. The Morgan fingerprint density at radius 3 is 2.53 bits per heavy atom. The average molecular weight is 238 g/mol. The van der Waals surface area contributed by atoms with Crippen LogP contribution in [0.4, 0.5) is 0 Å². The Morgan fingerprint density at radius 2 is 2.06 bits per heavy atom. The van der Waals surface area contributed by atoms with Crippen molar-refractivity contribution in [2.75, 3.05) is 6.54 Å². The molecule has 0 heterocycles. The summed E-state index contributed by atoms with van der Waals surface area (Å²) in [6, 6.07) is 0.0364. The standard InChI is InChI=1S/C14H26N2O/c1-4-9-16(12-7-5-6-8-12)14(17)13(15)10-11(2)3/h4,11-13H,1,5-10,15H2,2-3H3/t13-/m1/s1. The molecule has 2 N–H and O–H groups in total. The molecular weight excluding hydrogens is 212 g/mol. The zero-order valence-corrected chi connectivity index (χ0v) is 11.2. The van der Waals surface area contributed by atoms with Gasteiger partial charge in [0.2, 0.25) is 5.91 Å². The molecule has 0 bridgehead atoms. The molecule has 1 aliphatic rings. The maximum atomic E-state index is 12.3. The fraction of sp³-hybridized carbons (Fsp3) is 0.786. The molecule has 0 radical (unpaired) electrons. The molecule has 1 aliphatic carbocycles. The van der Waals surface area contributed by atoms with Gasteiger partial charge in [-0.15, -0.1) is 6.58 Å². The predicted molar refractivity (Wildman–Crippen MR) is 71.6 cm³/mol. The molecule has 1 amide bonds. The van der Waals surface area contributed by atoms with Gasteiger partial charge in [0.1, 0.15) is 0 Å². The number of hydrogen-bond donors (Lipinski definition) is 1. The van der Waals surface area contributed by atoms with Crippen molar-refractivity contribution >= 4 is 5.91 Å². The van der Waals surface area contributed by atoms with Crippen LogP contribution >= 0.6 is 0 Å². The van der Waals surface area contributed by atoms with E-state index in [9.17, 15) is 4.79 Å². The highest BCUT2D eigenvalue weighted by atomic mass is 16.2. The first-order valence-electron chi connectivity index (χ1n) is 6.73. The molecule has 0 spiro atoms. The van der Waals surface area contributed by atoms with Crippen molar-refractivity contribution in [3.63, 3.8) is 0 Å². The Kier molecular flexibility index (Phi) is 5.69. The van der Waals surface area contributed by atoms with E-state index in [1.807, 2.05) is 4.90 Å². The van der Waals surface area contributed by atoms with Crippen molar-refractivity contribution in [1.29, 1.82) is 0 Å². The van der Waals surface area contributed by atoms with E-state index in [0.717, 1.165) is 19.3 Å². The van der Waals surface area contributed by atoms with Gasteiger partial charge in [0.05, 0.1) is 6.04 Å². The molecule has 98 valence electrons. The number of amides is 1. The minimum atomic E-state index is -0.351. The molecule has 1 fully saturated rings. The Balaban J connectivity index is 2.61. The van der Waals surface area contributed by atoms with E-state index in [1.54, 1.807) is 6.08 Å². The van der Waals surface area contributed by atoms with Crippen molar-refractivity contribution in [3.8, 4) is 0 Å². The first-order valence-corrected chi connectivity index (χ1v) is 6.73. The molecule has 0 aromatic carbocycles. The number of carbonyl (C=O) groups is 1. The Labute approximate surface area is 105 Å². The summed E-state index contributed by atoms with van der Waals surface area (Å²) in [5.74, 6) is 0.564. The number of rotatable bonds is 6. The summed E-state index contributed by atoms with van der Waals surface area (Å²) in [4.78, 5) is 14.2. The normalized spacial score (nSPS) is 18.4. The van der Waals surface area contributed by atoms with E-state index in [0.29, 0.717) is 18.5 Å². The third-order valence-electron chi connectivity index (χ3n) is 3.42. The number of nitrogens with two attached hydrogens (primary N) is 1. The lowest BCUT2D eigenvalue weighted by Gasteiger charge is -2.30. The first kappa shape index (κ1) is 14.2. The Hall–Kier alpha value is -0.830. The van der Waals surface area contributed by atoms with E-state index in [-0.39, 0.29) is 11.9 Å².